The zero-order chi connectivity index (χ0) is 12.4. The van der Waals surface area contributed by atoms with Crippen LogP contribution in [0, 0.1) is 11.7 Å². The predicted octanol–water partition coefficient (Wildman–Crippen LogP) is 4.08. The summed E-state index contributed by atoms with van der Waals surface area (Å²) >= 11 is 9.34. The third kappa shape index (κ3) is 3.12. The number of hydrogen-bond acceptors (Lipinski definition) is 2. The molecule has 0 saturated carbocycles. The van der Waals surface area contributed by atoms with Crippen molar-refractivity contribution in [2.24, 2.45) is 5.92 Å². The molecule has 0 amide bonds. The number of nitrogens with one attached hydrogen (secondary N) is 1. The highest BCUT2D eigenvalue weighted by Crippen LogP contribution is 2.33. The summed E-state index contributed by atoms with van der Waals surface area (Å²) in [4.78, 5) is 0. The van der Waals surface area contributed by atoms with Crippen LogP contribution in [0.1, 0.15) is 13.3 Å². The zero-order valence-corrected chi connectivity index (χ0v) is 11.8. The van der Waals surface area contributed by atoms with Crippen molar-refractivity contribution in [3.05, 3.63) is 27.4 Å². The van der Waals surface area contributed by atoms with Crippen molar-refractivity contribution in [1.82, 2.24) is 0 Å². The van der Waals surface area contributed by atoms with E-state index < -0.39 is 0 Å². The molecule has 0 bridgehead atoms. The monoisotopic (exact) mass is 321 g/mol. The molecule has 0 aromatic heterocycles. The maximum atomic E-state index is 13.1. The van der Waals surface area contributed by atoms with Gasteiger partial charge in [-0.15, -0.1) is 0 Å². The van der Waals surface area contributed by atoms with Crippen LogP contribution in [0.2, 0.25) is 5.02 Å². The maximum Gasteiger partial charge on any atom is 0.125 e. The second kappa shape index (κ2) is 5.55. The molecule has 1 aliphatic rings. The molecule has 1 N–H and O–H groups in total. The fourth-order valence-corrected chi connectivity index (χ4v) is 2.89. The lowest BCUT2D eigenvalue weighted by Crippen LogP contribution is -2.26. The van der Waals surface area contributed by atoms with Gasteiger partial charge in [0.1, 0.15) is 5.82 Å². The van der Waals surface area contributed by atoms with Crippen LogP contribution < -0.4 is 5.32 Å². The number of rotatable bonds is 3. The number of anilines is 1. The quantitative estimate of drug-likeness (QED) is 0.905. The Morgan fingerprint density at radius 3 is 2.94 bits per heavy atom. The lowest BCUT2D eigenvalue weighted by atomic mass is 10.0. The van der Waals surface area contributed by atoms with Crippen molar-refractivity contribution < 1.29 is 9.13 Å². The van der Waals surface area contributed by atoms with Crippen LogP contribution in [0.25, 0.3) is 0 Å². The normalized spacial score (nSPS) is 21.5. The third-order valence-electron chi connectivity index (χ3n) is 3.05. The van der Waals surface area contributed by atoms with E-state index >= 15 is 0 Å². The minimum atomic E-state index is -0.343. The molecule has 2 unspecified atom stereocenters. The van der Waals surface area contributed by atoms with Crippen molar-refractivity contribution in [2.45, 2.75) is 19.4 Å². The van der Waals surface area contributed by atoms with Crippen molar-refractivity contribution >= 4 is 33.2 Å². The molecule has 17 heavy (non-hydrogen) atoms. The highest BCUT2D eigenvalue weighted by molar-refractivity contribution is 9.10. The third-order valence-corrected chi connectivity index (χ3v) is 3.97. The van der Waals surface area contributed by atoms with Gasteiger partial charge in [0.15, 0.2) is 0 Å². The van der Waals surface area contributed by atoms with Crippen molar-refractivity contribution in [2.75, 3.05) is 18.5 Å². The number of halogens is 3. The minimum absolute atomic E-state index is 0.247. The first-order chi connectivity index (χ1) is 8.08. The zero-order valence-electron chi connectivity index (χ0n) is 9.47. The molecule has 94 valence electrons. The Hall–Kier alpha value is -0.320. The molecule has 1 aromatic rings. The fourth-order valence-electron chi connectivity index (χ4n) is 1.97. The number of ether oxygens (including phenoxy) is 1. The first-order valence-corrected chi connectivity index (χ1v) is 6.74. The van der Waals surface area contributed by atoms with Gasteiger partial charge in [-0.3, -0.25) is 0 Å². The van der Waals surface area contributed by atoms with Gasteiger partial charge in [-0.2, -0.15) is 0 Å². The van der Waals surface area contributed by atoms with E-state index in [-0.39, 0.29) is 11.9 Å². The van der Waals surface area contributed by atoms with E-state index in [9.17, 15) is 4.39 Å². The Morgan fingerprint density at radius 2 is 2.35 bits per heavy atom. The van der Waals surface area contributed by atoms with Gasteiger partial charge >= 0.3 is 0 Å². The Balaban J connectivity index is 2.12. The molecule has 1 fully saturated rings. The van der Waals surface area contributed by atoms with Gasteiger partial charge in [-0.05, 0) is 41.4 Å². The maximum absolute atomic E-state index is 13.1. The van der Waals surface area contributed by atoms with E-state index in [1.165, 1.54) is 12.1 Å². The average molecular weight is 323 g/mol. The summed E-state index contributed by atoms with van der Waals surface area (Å²) in [5.74, 6) is 0.132. The van der Waals surface area contributed by atoms with E-state index in [1.54, 1.807) is 0 Å². The largest absolute Gasteiger partial charge is 0.381 e. The molecular formula is C12H14BrClFNO. The average Bonchev–Trinajstić information content (AvgIpc) is 2.76. The van der Waals surface area contributed by atoms with Crippen LogP contribution in [0.5, 0.6) is 0 Å². The first-order valence-electron chi connectivity index (χ1n) is 5.56. The summed E-state index contributed by atoms with van der Waals surface area (Å²) in [5, 5.41) is 3.71. The van der Waals surface area contributed by atoms with Crippen LogP contribution in [0.15, 0.2) is 16.6 Å². The Labute approximate surface area is 114 Å². The summed E-state index contributed by atoms with van der Waals surface area (Å²) < 4.78 is 19.1. The van der Waals surface area contributed by atoms with Gasteiger partial charge in [0.25, 0.3) is 0 Å². The van der Waals surface area contributed by atoms with Gasteiger partial charge in [0, 0.05) is 23.0 Å². The summed E-state index contributed by atoms with van der Waals surface area (Å²) in [6, 6.07) is 2.97. The molecule has 0 radical (unpaired) electrons. The minimum Gasteiger partial charge on any atom is -0.381 e. The van der Waals surface area contributed by atoms with Crippen LogP contribution in [-0.2, 0) is 4.74 Å². The molecule has 2 atom stereocenters. The van der Waals surface area contributed by atoms with Gasteiger partial charge in [-0.1, -0.05) is 11.6 Å². The van der Waals surface area contributed by atoms with Gasteiger partial charge in [-0.25, -0.2) is 4.39 Å². The molecule has 2 nitrogen and oxygen atoms in total. The summed E-state index contributed by atoms with van der Waals surface area (Å²) in [6.45, 7) is 3.67. The van der Waals surface area contributed by atoms with Crippen molar-refractivity contribution in [3.63, 3.8) is 0 Å². The fraction of sp³-hybridized carbons (Fsp3) is 0.500. The van der Waals surface area contributed by atoms with Crippen molar-refractivity contribution in [1.29, 1.82) is 0 Å². The van der Waals surface area contributed by atoms with Gasteiger partial charge < -0.3 is 10.1 Å². The van der Waals surface area contributed by atoms with Gasteiger partial charge in [0.2, 0.25) is 0 Å². The van der Waals surface area contributed by atoms with Crippen LogP contribution in [0.4, 0.5) is 10.1 Å². The summed E-state index contributed by atoms with van der Waals surface area (Å²) in [5.41, 5.74) is 0.743. The van der Waals surface area contributed by atoms with E-state index in [1.807, 2.05) is 0 Å². The van der Waals surface area contributed by atoms with E-state index in [2.05, 4.69) is 28.2 Å². The standard InChI is InChI=1S/C12H14BrClFNO/c1-7(8-2-3-17-6-8)16-12-10(13)4-9(15)5-11(12)14/h4-5,7-8,16H,2-3,6H2,1H3. The van der Waals surface area contributed by atoms with E-state index in [0.29, 0.717) is 15.4 Å². The number of benzene rings is 1. The molecule has 1 aromatic carbocycles. The topological polar surface area (TPSA) is 21.3 Å². The SMILES string of the molecule is CC(Nc1c(Cl)cc(F)cc1Br)C1CCOC1. The summed E-state index contributed by atoms with van der Waals surface area (Å²) in [6.07, 6.45) is 1.05. The second-order valence-corrected chi connectivity index (χ2v) is 5.56. The molecule has 1 heterocycles. The smallest absolute Gasteiger partial charge is 0.125 e. The summed E-state index contributed by atoms with van der Waals surface area (Å²) in [7, 11) is 0. The van der Waals surface area contributed by atoms with Crippen LogP contribution in [-0.4, -0.2) is 19.3 Å². The van der Waals surface area contributed by atoms with Crippen LogP contribution in [0.3, 0.4) is 0 Å². The molecule has 0 aliphatic carbocycles. The second-order valence-electron chi connectivity index (χ2n) is 4.30. The molecule has 1 saturated heterocycles. The molecule has 0 spiro atoms. The lowest BCUT2D eigenvalue weighted by Gasteiger charge is -2.22. The van der Waals surface area contributed by atoms with Crippen LogP contribution >= 0.6 is 27.5 Å². The molecule has 1 aliphatic heterocycles. The molecular weight excluding hydrogens is 308 g/mol. The van der Waals surface area contributed by atoms with Gasteiger partial charge in [0.05, 0.1) is 17.3 Å². The molecule has 2 rings (SSSR count). The van der Waals surface area contributed by atoms with E-state index in [0.717, 1.165) is 25.3 Å². The number of hydrogen-bond donors (Lipinski definition) is 1. The molecule has 5 heteroatoms. The first kappa shape index (κ1) is 13.1. The Bertz CT molecular complexity index is 386. The highest BCUT2D eigenvalue weighted by atomic mass is 79.9. The Morgan fingerprint density at radius 1 is 1.59 bits per heavy atom. The predicted molar refractivity (Wildman–Crippen MR) is 71.1 cm³/mol. The highest BCUT2D eigenvalue weighted by Gasteiger charge is 2.23. The Kier molecular flexibility index (Phi) is 4.28. The van der Waals surface area contributed by atoms with Crippen molar-refractivity contribution in [3.8, 4) is 0 Å². The van der Waals surface area contributed by atoms with E-state index in [4.69, 9.17) is 16.3 Å². The lowest BCUT2D eigenvalue weighted by molar-refractivity contribution is 0.183.